The number of Topliss-reactive ketones (excluding diaryl/α,β-unsaturated/α-hetero) is 1. The molecule has 0 saturated heterocycles. The molecule has 0 aromatic heterocycles. The van der Waals surface area contributed by atoms with E-state index in [0.717, 1.165) is 24.0 Å². The third kappa shape index (κ3) is 3.21. The lowest BCUT2D eigenvalue weighted by atomic mass is 9.82. The van der Waals surface area contributed by atoms with E-state index in [4.69, 9.17) is 9.47 Å². The Morgan fingerprint density at radius 1 is 1.30 bits per heavy atom. The van der Waals surface area contributed by atoms with E-state index < -0.39 is 0 Å². The highest BCUT2D eigenvalue weighted by Crippen LogP contribution is 2.40. The largest absolute Gasteiger partial charge is 0.500 e. The van der Waals surface area contributed by atoms with Crippen LogP contribution in [0.5, 0.6) is 5.75 Å². The standard InChI is InChI=1S/C19H20O4/c1-2-19(21)18-12-22-11-17-14(5-8-16(17)18)10-23-15-6-3-13(9-20)4-7-15/h3-7,9,12,16-17H,2,8,10-11H2,1H3/t16-,17?/m0/s1. The van der Waals surface area contributed by atoms with Crippen LogP contribution in [0.1, 0.15) is 30.1 Å². The second-order valence-corrected chi connectivity index (χ2v) is 5.89. The highest BCUT2D eigenvalue weighted by atomic mass is 16.5. The maximum atomic E-state index is 12.0. The minimum Gasteiger partial charge on any atom is -0.500 e. The smallest absolute Gasteiger partial charge is 0.161 e. The zero-order valence-electron chi connectivity index (χ0n) is 13.2. The van der Waals surface area contributed by atoms with Crippen LogP contribution in [-0.2, 0) is 9.53 Å². The summed E-state index contributed by atoms with van der Waals surface area (Å²) in [6, 6.07) is 7.05. The van der Waals surface area contributed by atoms with E-state index in [9.17, 15) is 9.59 Å². The molecule has 0 radical (unpaired) electrons. The number of carbonyl (C=O) groups is 2. The number of rotatable bonds is 6. The van der Waals surface area contributed by atoms with Gasteiger partial charge >= 0.3 is 0 Å². The van der Waals surface area contributed by atoms with Gasteiger partial charge in [0.25, 0.3) is 0 Å². The van der Waals surface area contributed by atoms with Crippen LogP contribution >= 0.6 is 0 Å². The van der Waals surface area contributed by atoms with Crippen LogP contribution in [0.25, 0.3) is 0 Å². The topological polar surface area (TPSA) is 52.6 Å². The summed E-state index contributed by atoms with van der Waals surface area (Å²) in [6.07, 6.45) is 6.00. The number of ether oxygens (including phenoxy) is 2. The average Bonchev–Trinajstić information content (AvgIpc) is 3.03. The van der Waals surface area contributed by atoms with Crippen LogP contribution in [0.4, 0.5) is 0 Å². The van der Waals surface area contributed by atoms with E-state index in [1.54, 1.807) is 30.5 Å². The van der Waals surface area contributed by atoms with Crippen LogP contribution in [0.15, 0.2) is 47.7 Å². The molecule has 0 amide bonds. The normalized spacial score (nSPS) is 22.5. The highest BCUT2D eigenvalue weighted by Gasteiger charge is 2.37. The van der Waals surface area contributed by atoms with Gasteiger partial charge in [0.15, 0.2) is 5.78 Å². The number of aldehydes is 1. The van der Waals surface area contributed by atoms with Crippen molar-refractivity contribution in [2.75, 3.05) is 13.2 Å². The summed E-state index contributed by atoms with van der Waals surface area (Å²) in [5.41, 5.74) is 2.63. The maximum absolute atomic E-state index is 12.0. The van der Waals surface area contributed by atoms with Crippen LogP contribution < -0.4 is 4.74 Å². The molecule has 1 aromatic carbocycles. The van der Waals surface area contributed by atoms with Crippen molar-refractivity contribution in [3.05, 3.63) is 53.3 Å². The quantitative estimate of drug-likeness (QED) is 0.597. The Morgan fingerprint density at radius 2 is 2.09 bits per heavy atom. The third-order valence-electron chi connectivity index (χ3n) is 4.55. The highest BCUT2D eigenvalue weighted by molar-refractivity contribution is 5.95. The fraction of sp³-hybridized carbons (Fsp3) is 0.368. The van der Waals surface area contributed by atoms with Crippen LogP contribution in [0.3, 0.4) is 0 Å². The van der Waals surface area contributed by atoms with Crippen molar-refractivity contribution < 1.29 is 19.1 Å². The number of hydrogen-bond acceptors (Lipinski definition) is 4. The van der Waals surface area contributed by atoms with Gasteiger partial charge in [-0.2, -0.15) is 0 Å². The molecule has 1 heterocycles. The molecule has 2 atom stereocenters. The molecule has 1 aliphatic heterocycles. The van der Waals surface area contributed by atoms with Crippen LogP contribution in [0.2, 0.25) is 0 Å². The van der Waals surface area contributed by atoms with Gasteiger partial charge < -0.3 is 9.47 Å². The fourth-order valence-corrected chi connectivity index (χ4v) is 3.20. The van der Waals surface area contributed by atoms with Gasteiger partial charge in [-0.3, -0.25) is 9.59 Å². The van der Waals surface area contributed by atoms with E-state index in [1.807, 2.05) is 6.92 Å². The lowest BCUT2D eigenvalue weighted by Gasteiger charge is -2.28. The van der Waals surface area contributed by atoms with Crippen molar-refractivity contribution in [2.45, 2.75) is 19.8 Å². The van der Waals surface area contributed by atoms with Crippen molar-refractivity contribution >= 4 is 12.1 Å². The lowest BCUT2D eigenvalue weighted by molar-refractivity contribution is -0.116. The number of benzene rings is 1. The number of carbonyl (C=O) groups excluding carboxylic acids is 2. The summed E-state index contributed by atoms with van der Waals surface area (Å²) < 4.78 is 11.3. The van der Waals surface area contributed by atoms with E-state index in [1.165, 1.54) is 5.57 Å². The predicted octanol–water partition coefficient (Wildman–Crippen LogP) is 3.33. The zero-order chi connectivity index (χ0) is 16.2. The minimum atomic E-state index is 0.166. The summed E-state index contributed by atoms with van der Waals surface area (Å²) in [5.74, 6) is 1.35. The molecule has 0 fully saturated rings. The number of allylic oxidation sites excluding steroid dienone is 2. The monoisotopic (exact) mass is 312 g/mol. The molecular weight excluding hydrogens is 292 g/mol. The summed E-state index contributed by atoms with van der Waals surface area (Å²) >= 11 is 0. The number of ketones is 1. The van der Waals surface area contributed by atoms with Crippen molar-refractivity contribution in [1.82, 2.24) is 0 Å². The molecule has 0 N–H and O–H groups in total. The molecule has 1 aliphatic carbocycles. The predicted molar refractivity (Wildman–Crippen MR) is 86.3 cm³/mol. The van der Waals surface area contributed by atoms with Crippen molar-refractivity contribution in [2.24, 2.45) is 11.8 Å². The molecule has 2 aliphatic rings. The Bertz CT molecular complexity index is 654. The molecule has 120 valence electrons. The molecule has 0 saturated carbocycles. The SMILES string of the molecule is CCC(=O)C1=COCC2C(COc3ccc(C=O)cc3)=CC[C@H]12. The zero-order valence-corrected chi connectivity index (χ0v) is 13.2. The second kappa shape index (κ2) is 6.82. The van der Waals surface area contributed by atoms with E-state index in [0.29, 0.717) is 25.2 Å². The molecular formula is C19H20O4. The van der Waals surface area contributed by atoms with Gasteiger partial charge in [-0.1, -0.05) is 13.0 Å². The first-order valence-electron chi connectivity index (χ1n) is 7.94. The number of fused-ring (bicyclic) bond motifs is 1. The Labute approximate surface area is 135 Å². The maximum Gasteiger partial charge on any atom is 0.161 e. The Balaban J connectivity index is 1.63. The van der Waals surface area contributed by atoms with E-state index in [2.05, 4.69) is 6.08 Å². The van der Waals surface area contributed by atoms with Gasteiger partial charge in [0.2, 0.25) is 0 Å². The molecule has 4 nitrogen and oxygen atoms in total. The summed E-state index contributed by atoms with van der Waals surface area (Å²) in [5, 5.41) is 0. The van der Waals surface area contributed by atoms with Gasteiger partial charge in [0.1, 0.15) is 18.6 Å². The fourth-order valence-electron chi connectivity index (χ4n) is 3.20. The van der Waals surface area contributed by atoms with Gasteiger partial charge in [0.05, 0.1) is 12.9 Å². The Hall–Kier alpha value is -2.36. The minimum absolute atomic E-state index is 0.166. The average molecular weight is 312 g/mol. The Kier molecular flexibility index (Phi) is 4.60. The van der Waals surface area contributed by atoms with Crippen molar-refractivity contribution in [1.29, 1.82) is 0 Å². The van der Waals surface area contributed by atoms with Gasteiger partial charge in [-0.05, 0) is 36.3 Å². The van der Waals surface area contributed by atoms with Gasteiger partial charge in [-0.15, -0.1) is 0 Å². The van der Waals surface area contributed by atoms with Crippen molar-refractivity contribution in [3.63, 3.8) is 0 Å². The van der Waals surface area contributed by atoms with Crippen LogP contribution in [0, 0.1) is 11.8 Å². The second-order valence-electron chi connectivity index (χ2n) is 5.89. The first kappa shape index (κ1) is 15.5. The molecule has 1 unspecified atom stereocenters. The van der Waals surface area contributed by atoms with E-state index in [-0.39, 0.29) is 17.6 Å². The molecule has 0 bridgehead atoms. The molecule has 3 rings (SSSR count). The first-order chi connectivity index (χ1) is 11.2. The molecule has 1 aromatic rings. The summed E-state index contributed by atoms with van der Waals surface area (Å²) in [4.78, 5) is 22.7. The Morgan fingerprint density at radius 3 is 2.78 bits per heavy atom. The molecule has 23 heavy (non-hydrogen) atoms. The van der Waals surface area contributed by atoms with Crippen molar-refractivity contribution in [3.8, 4) is 5.75 Å². The first-order valence-corrected chi connectivity index (χ1v) is 7.94. The van der Waals surface area contributed by atoms with Gasteiger partial charge in [-0.25, -0.2) is 0 Å². The van der Waals surface area contributed by atoms with E-state index >= 15 is 0 Å². The van der Waals surface area contributed by atoms with Crippen LogP contribution in [-0.4, -0.2) is 25.3 Å². The number of hydrogen-bond donors (Lipinski definition) is 0. The third-order valence-corrected chi connectivity index (χ3v) is 4.55. The lowest BCUT2D eigenvalue weighted by Crippen LogP contribution is -2.28. The molecule has 4 heteroatoms. The summed E-state index contributed by atoms with van der Waals surface area (Å²) in [7, 11) is 0. The summed E-state index contributed by atoms with van der Waals surface area (Å²) in [6.45, 7) is 2.96. The van der Waals surface area contributed by atoms with Gasteiger partial charge in [0, 0.05) is 29.4 Å². The molecule has 0 spiro atoms.